The summed E-state index contributed by atoms with van der Waals surface area (Å²) in [6.07, 6.45) is 4.12. The van der Waals surface area contributed by atoms with E-state index in [-0.39, 0.29) is 18.6 Å². The van der Waals surface area contributed by atoms with Crippen LogP contribution in [0.2, 0.25) is 0 Å². The molecule has 2 atom stereocenters. The number of hydrogen-bond donors (Lipinski definition) is 3. The highest BCUT2D eigenvalue weighted by Gasteiger charge is 2.19. The molecule has 1 aliphatic rings. The van der Waals surface area contributed by atoms with Crippen molar-refractivity contribution in [3.05, 3.63) is 0 Å². The molecule has 0 heterocycles. The number of rotatable bonds is 6. The topological polar surface area (TPSA) is 85.2 Å². The lowest BCUT2D eigenvalue weighted by Crippen LogP contribution is -2.37. The molecule has 1 rings (SSSR count). The number of hydrogen-bond acceptors (Lipinski definition) is 4. The van der Waals surface area contributed by atoms with Crippen LogP contribution in [0.5, 0.6) is 0 Å². The highest BCUT2D eigenvalue weighted by atomic mass is 16.3. The van der Waals surface area contributed by atoms with E-state index in [2.05, 4.69) is 10.6 Å². The third-order valence-electron chi connectivity index (χ3n) is 3.03. The number of nitrogens with one attached hydrogen (secondary N) is 2. The summed E-state index contributed by atoms with van der Waals surface area (Å²) in [5, 5.41) is 23.6. The first-order valence-corrected chi connectivity index (χ1v) is 6.24. The van der Waals surface area contributed by atoms with Crippen LogP contribution in [-0.4, -0.2) is 36.8 Å². The molecule has 2 unspecified atom stereocenters. The summed E-state index contributed by atoms with van der Waals surface area (Å²) in [4.78, 5) is 11.3. The molecule has 5 heteroatoms. The van der Waals surface area contributed by atoms with Crippen molar-refractivity contribution in [1.82, 2.24) is 10.6 Å². The van der Waals surface area contributed by atoms with Crippen molar-refractivity contribution in [1.29, 1.82) is 5.26 Å². The van der Waals surface area contributed by atoms with Crippen molar-refractivity contribution in [2.24, 2.45) is 5.92 Å². The third-order valence-corrected chi connectivity index (χ3v) is 3.03. The fourth-order valence-corrected chi connectivity index (χ4v) is 2.16. The molecule has 3 N–H and O–H groups in total. The lowest BCUT2D eigenvalue weighted by Gasteiger charge is -2.25. The maximum absolute atomic E-state index is 11.3. The summed E-state index contributed by atoms with van der Waals surface area (Å²) in [5.74, 6) is 0.405. The van der Waals surface area contributed by atoms with Crippen LogP contribution in [0.1, 0.15) is 32.1 Å². The normalized spacial score (nSPS) is 24.0. The lowest BCUT2D eigenvalue weighted by atomic mass is 9.87. The molecular weight excluding hydrogens is 218 g/mol. The molecule has 0 saturated heterocycles. The molecule has 0 spiro atoms. The molecule has 0 bridgehead atoms. The van der Waals surface area contributed by atoms with Crippen molar-refractivity contribution in [3.8, 4) is 6.07 Å². The minimum Gasteiger partial charge on any atom is -0.393 e. The number of amides is 1. The first-order valence-electron chi connectivity index (χ1n) is 6.24. The number of nitrogens with zero attached hydrogens (tertiary/aromatic N) is 1. The molecule has 0 aromatic heterocycles. The zero-order valence-electron chi connectivity index (χ0n) is 10.1. The molecule has 1 aliphatic carbocycles. The molecule has 0 aromatic carbocycles. The number of carbonyl (C=O) groups is 1. The zero-order chi connectivity index (χ0) is 12.5. The van der Waals surface area contributed by atoms with E-state index in [1.165, 1.54) is 0 Å². The predicted octanol–water partition coefficient (Wildman–Crippen LogP) is 0.157. The van der Waals surface area contributed by atoms with Gasteiger partial charge in [-0.25, -0.2) is 0 Å². The van der Waals surface area contributed by atoms with Crippen LogP contribution in [0, 0.1) is 17.2 Å². The van der Waals surface area contributed by atoms with E-state index in [1.807, 2.05) is 6.07 Å². The van der Waals surface area contributed by atoms with E-state index in [9.17, 15) is 9.90 Å². The highest BCUT2D eigenvalue weighted by molar-refractivity contribution is 5.77. The molecule has 96 valence electrons. The second-order valence-corrected chi connectivity index (χ2v) is 4.58. The number of carbonyl (C=O) groups excluding carboxylic acids is 1. The average molecular weight is 239 g/mol. The quantitative estimate of drug-likeness (QED) is 0.576. The highest BCUT2D eigenvalue weighted by Crippen LogP contribution is 2.23. The summed E-state index contributed by atoms with van der Waals surface area (Å²) < 4.78 is 0. The Labute approximate surface area is 102 Å². The fourth-order valence-electron chi connectivity index (χ4n) is 2.16. The van der Waals surface area contributed by atoms with Gasteiger partial charge in [-0.2, -0.15) is 5.26 Å². The van der Waals surface area contributed by atoms with Crippen molar-refractivity contribution >= 4 is 5.91 Å². The molecule has 1 fully saturated rings. The Morgan fingerprint density at radius 2 is 2.29 bits per heavy atom. The average Bonchev–Trinajstić information content (AvgIpc) is 2.29. The van der Waals surface area contributed by atoms with Gasteiger partial charge >= 0.3 is 0 Å². The Morgan fingerprint density at radius 3 is 3.00 bits per heavy atom. The molecule has 0 aromatic rings. The Kier molecular flexibility index (Phi) is 6.60. The van der Waals surface area contributed by atoms with Crippen LogP contribution >= 0.6 is 0 Å². The van der Waals surface area contributed by atoms with Gasteiger partial charge in [-0.3, -0.25) is 4.79 Å². The molecule has 17 heavy (non-hydrogen) atoms. The number of aliphatic hydroxyl groups is 1. The Balaban J connectivity index is 2.03. The van der Waals surface area contributed by atoms with Crippen LogP contribution in [0.15, 0.2) is 0 Å². The molecule has 5 nitrogen and oxygen atoms in total. The summed E-state index contributed by atoms with van der Waals surface area (Å²) in [6.45, 7) is 1.49. The van der Waals surface area contributed by atoms with Crippen molar-refractivity contribution in [2.45, 2.75) is 38.2 Å². The standard InChI is InChI=1S/C12H21N3O2/c13-5-2-6-15-12(17)9-14-8-10-3-1-4-11(16)7-10/h10-11,14,16H,1-4,6-9H2,(H,15,17). The SMILES string of the molecule is N#CCCNC(=O)CNCC1CCCC(O)C1. The predicted molar refractivity (Wildman–Crippen MR) is 64.1 cm³/mol. The Morgan fingerprint density at radius 1 is 1.47 bits per heavy atom. The largest absolute Gasteiger partial charge is 0.393 e. The van der Waals surface area contributed by atoms with Crippen LogP contribution in [-0.2, 0) is 4.79 Å². The van der Waals surface area contributed by atoms with Gasteiger partial charge in [0.15, 0.2) is 0 Å². The van der Waals surface area contributed by atoms with Gasteiger partial charge in [0.2, 0.25) is 5.91 Å². The van der Waals surface area contributed by atoms with Gasteiger partial charge in [0.25, 0.3) is 0 Å². The van der Waals surface area contributed by atoms with E-state index in [0.717, 1.165) is 32.2 Å². The maximum Gasteiger partial charge on any atom is 0.233 e. The van der Waals surface area contributed by atoms with Gasteiger partial charge in [-0.1, -0.05) is 6.42 Å². The van der Waals surface area contributed by atoms with E-state index < -0.39 is 0 Å². The van der Waals surface area contributed by atoms with Crippen molar-refractivity contribution in [2.75, 3.05) is 19.6 Å². The first kappa shape index (κ1) is 13.9. The van der Waals surface area contributed by atoms with Crippen LogP contribution in [0.25, 0.3) is 0 Å². The summed E-state index contributed by atoms with van der Waals surface area (Å²) in [5.41, 5.74) is 0. The van der Waals surface area contributed by atoms with Gasteiger partial charge in [-0.05, 0) is 31.7 Å². The summed E-state index contributed by atoms with van der Waals surface area (Å²) >= 11 is 0. The van der Waals surface area contributed by atoms with E-state index in [4.69, 9.17) is 5.26 Å². The third kappa shape index (κ3) is 6.25. The summed E-state index contributed by atoms with van der Waals surface area (Å²) in [6, 6.07) is 1.97. The number of aliphatic hydroxyl groups excluding tert-OH is 1. The Hall–Kier alpha value is -1.12. The van der Waals surface area contributed by atoms with Crippen LogP contribution in [0.4, 0.5) is 0 Å². The second kappa shape index (κ2) is 8.04. The fraction of sp³-hybridized carbons (Fsp3) is 0.833. The lowest BCUT2D eigenvalue weighted by molar-refractivity contribution is -0.120. The molecule has 1 saturated carbocycles. The van der Waals surface area contributed by atoms with Crippen molar-refractivity contribution < 1.29 is 9.90 Å². The minimum absolute atomic E-state index is 0.0726. The van der Waals surface area contributed by atoms with Crippen LogP contribution in [0.3, 0.4) is 0 Å². The van der Waals surface area contributed by atoms with Crippen molar-refractivity contribution in [3.63, 3.8) is 0 Å². The van der Waals surface area contributed by atoms with E-state index in [0.29, 0.717) is 18.9 Å². The maximum atomic E-state index is 11.3. The molecule has 1 amide bonds. The van der Waals surface area contributed by atoms with E-state index in [1.54, 1.807) is 0 Å². The minimum atomic E-state index is -0.167. The molecular formula is C12H21N3O2. The Bertz CT molecular complexity index is 275. The zero-order valence-corrected chi connectivity index (χ0v) is 10.1. The van der Waals surface area contributed by atoms with E-state index >= 15 is 0 Å². The van der Waals surface area contributed by atoms with Gasteiger partial charge in [0.05, 0.1) is 25.1 Å². The van der Waals surface area contributed by atoms with Gasteiger partial charge in [0.1, 0.15) is 0 Å². The smallest absolute Gasteiger partial charge is 0.233 e. The molecule has 0 aliphatic heterocycles. The first-order chi connectivity index (χ1) is 8.22. The number of nitriles is 1. The monoisotopic (exact) mass is 239 g/mol. The summed E-state index contributed by atoms with van der Waals surface area (Å²) in [7, 11) is 0. The molecule has 0 radical (unpaired) electrons. The van der Waals surface area contributed by atoms with Gasteiger partial charge < -0.3 is 15.7 Å². The van der Waals surface area contributed by atoms with Gasteiger partial charge in [0, 0.05) is 6.54 Å². The van der Waals surface area contributed by atoms with Crippen LogP contribution < -0.4 is 10.6 Å². The second-order valence-electron chi connectivity index (χ2n) is 4.58. The van der Waals surface area contributed by atoms with Gasteiger partial charge in [-0.15, -0.1) is 0 Å².